The zero-order valence-electron chi connectivity index (χ0n) is 18.3. The Morgan fingerprint density at radius 2 is 2.00 bits per heavy atom. The number of anilines is 1. The van der Waals surface area contributed by atoms with Crippen molar-refractivity contribution in [1.82, 2.24) is 10.2 Å². The molecule has 8 nitrogen and oxygen atoms in total. The van der Waals surface area contributed by atoms with Crippen LogP contribution in [0, 0.1) is 5.41 Å². The van der Waals surface area contributed by atoms with Gasteiger partial charge in [0.1, 0.15) is 11.8 Å². The number of nitrogens with one attached hydrogen (secondary N) is 3. The third kappa shape index (κ3) is 6.40. The Balaban J connectivity index is 1.71. The van der Waals surface area contributed by atoms with Crippen LogP contribution in [0.25, 0.3) is 5.57 Å². The van der Waals surface area contributed by atoms with Gasteiger partial charge >= 0.3 is 0 Å². The number of hydrogen-bond acceptors (Lipinski definition) is 7. The fourth-order valence-corrected chi connectivity index (χ4v) is 3.56. The van der Waals surface area contributed by atoms with E-state index in [1.807, 2.05) is 36.4 Å². The van der Waals surface area contributed by atoms with Crippen LogP contribution < -0.4 is 21.1 Å². The monoisotopic (exact) mass is 437 g/mol. The molecule has 0 saturated carbocycles. The predicted octanol–water partition coefficient (Wildman–Crippen LogP) is 2.25. The van der Waals surface area contributed by atoms with Crippen LogP contribution >= 0.6 is 0 Å². The maximum atomic E-state index is 13.2. The summed E-state index contributed by atoms with van der Waals surface area (Å²) in [6, 6.07) is 14.2. The standard InChI is InChI=1S/C24H31N5O3/c1-31-22-4-2-3-19(15-22)23(27-9-10-29-11-13-32-14-12-29)24(30)28-21-7-5-18(6-8-21)20(16-25)17-26/h2-8,15-17,23,25,27H,9-14,26H2,1H3,(H,28,30)/b20-17+,25-16?. The smallest absolute Gasteiger partial charge is 0.246 e. The van der Waals surface area contributed by atoms with Gasteiger partial charge in [-0.3, -0.25) is 9.69 Å². The van der Waals surface area contributed by atoms with Crippen LogP contribution in [-0.2, 0) is 9.53 Å². The van der Waals surface area contributed by atoms with Gasteiger partial charge in [0.2, 0.25) is 5.91 Å². The van der Waals surface area contributed by atoms with Gasteiger partial charge in [-0.05, 0) is 35.4 Å². The molecule has 0 radical (unpaired) electrons. The summed E-state index contributed by atoms with van der Waals surface area (Å²) in [5.41, 5.74) is 8.48. The SMILES string of the molecule is COc1cccc(C(NCCN2CCOCC2)C(=O)Nc2ccc(/C(C=N)=C/N)cc2)c1. The van der Waals surface area contributed by atoms with Crippen LogP contribution in [0.5, 0.6) is 5.75 Å². The second-order valence-electron chi connectivity index (χ2n) is 7.45. The summed E-state index contributed by atoms with van der Waals surface area (Å²) in [5.74, 6) is 0.544. The van der Waals surface area contributed by atoms with Crippen molar-refractivity contribution in [3.63, 3.8) is 0 Å². The van der Waals surface area contributed by atoms with Crippen LogP contribution in [0.4, 0.5) is 5.69 Å². The lowest BCUT2D eigenvalue weighted by Gasteiger charge is -2.27. The first kappa shape index (κ1) is 23.5. The molecule has 1 aliphatic rings. The molecule has 1 saturated heterocycles. The second-order valence-corrected chi connectivity index (χ2v) is 7.45. The molecular weight excluding hydrogens is 406 g/mol. The van der Waals surface area contributed by atoms with E-state index in [1.54, 1.807) is 19.2 Å². The molecule has 0 aromatic heterocycles. The number of morpholine rings is 1. The molecule has 2 aromatic carbocycles. The molecule has 3 rings (SSSR count). The summed E-state index contributed by atoms with van der Waals surface area (Å²) >= 11 is 0. The van der Waals surface area contributed by atoms with Gasteiger partial charge in [0.15, 0.2) is 0 Å². The number of amides is 1. The number of carbonyl (C=O) groups is 1. The van der Waals surface area contributed by atoms with Crippen molar-refractivity contribution in [3.8, 4) is 5.75 Å². The van der Waals surface area contributed by atoms with E-state index in [2.05, 4.69) is 15.5 Å². The van der Waals surface area contributed by atoms with Gasteiger partial charge in [-0.2, -0.15) is 0 Å². The van der Waals surface area contributed by atoms with Crippen LogP contribution in [0.15, 0.2) is 54.7 Å². The highest BCUT2D eigenvalue weighted by Gasteiger charge is 2.21. The summed E-state index contributed by atoms with van der Waals surface area (Å²) in [4.78, 5) is 15.5. The van der Waals surface area contributed by atoms with Gasteiger partial charge in [-0.25, -0.2) is 0 Å². The fourth-order valence-electron chi connectivity index (χ4n) is 3.56. The predicted molar refractivity (Wildman–Crippen MR) is 127 cm³/mol. The van der Waals surface area contributed by atoms with Crippen molar-refractivity contribution in [2.75, 3.05) is 51.8 Å². The molecular formula is C24H31N5O3. The van der Waals surface area contributed by atoms with Crippen LogP contribution in [-0.4, -0.2) is 63.5 Å². The largest absolute Gasteiger partial charge is 0.497 e. The third-order valence-corrected chi connectivity index (χ3v) is 5.39. The quantitative estimate of drug-likeness (QED) is 0.424. The number of allylic oxidation sites excluding steroid dienone is 1. The minimum atomic E-state index is -0.535. The van der Waals surface area contributed by atoms with E-state index in [-0.39, 0.29) is 5.91 Å². The van der Waals surface area contributed by atoms with Crippen molar-refractivity contribution in [2.45, 2.75) is 6.04 Å². The van der Waals surface area contributed by atoms with Crippen molar-refractivity contribution in [2.24, 2.45) is 5.73 Å². The Hall–Kier alpha value is -3.20. The van der Waals surface area contributed by atoms with Gasteiger partial charge in [0.05, 0.1) is 20.3 Å². The molecule has 0 aliphatic carbocycles. The molecule has 32 heavy (non-hydrogen) atoms. The molecule has 1 amide bonds. The van der Waals surface area contributed by atoms with E-state index in [1.165, 1.54) is 12.4 Å². The minimum Gasteiger partial charge on any atom is -0.497 e. The van der Waals surface area contributed by atoms with E-state index < -0.39 is 6.04 Å². The molecule has 1 fully saturated rings. The van der Waals surface area contributed by atoms with Gasteiger partial charge < -0.3 is 31.3 Å². The lowest BCUT2D eigenvalue weighted by Crippen LogP contribution is -2.42. The molecule has 1 aliphatic heterocycles. The summed E-state index contributed by atoms with van der Waals surface area (Å²) in [6.45, 7) is 4.80. The maximum absolute atomic E-state index is 13.2. The van der Waals surface area contributed by atoms with Crippen molar-refractivity contribution in [3.05, 3.63) is 65.9 Å². The summed E-state index contributed by atoms with van der Waals surface area (Å²) in [6.07, 6.45) is 2.59. The zero-order valence-corrected chi connectivity index (χ0v) is 18.3. The number of rotatable bonds is 10. The average Bonchev–Trinajstić information content (AvgIpc) is 2.84. The molecule has 0 bridgehead atoms. The highest BCUT2D eigenvalue weighted by atomic mass is 16.5. The van der Waals surface area contributed by atoms with Crippen molar-refractivity contribution in [1.29, 1.82) is 5.41 Å². The van der Waals surface area contributed by atoms with E-state index >= 15 is 0 Å². The Morgan fingerprint density at radius 1 is 1.25 bits per heavy atom. The number of nitrogens with zero attached hydrogens (tertiary/aromatic N) is 1. The van der Waals surface area contributed by atoms with E-state index in [0.717, 1.165) is 44.0 Å². The molecule has 5 N–H and O–H groups in total. The summed E-state index contributed by atoms with van der Waals surface area (Å²) < 4.78 is 10.7. The van der Waals surface area contributed by atoms with Gasteiger partial charge in [0, 0.05) is 49.9 Å². The highest BCUT2D eigenvalue weighted by molar-refractivity contribution is 6.08. The average molecular weight is 438 g/mol. The molecule has 1 heterocycles. The Labute approximate surface area is 188 Å². The maximum Gasteiger partial charge on any atom is 0.246 e. The number of methoxy groups -OCH3 is 1. The summed E-state index contributed by atoms with van der Waals surface area (Å²) in [7, 11) is 1.61. The van der Waals surface area contributed by atoms with Gasteiger partial charge in [0.25, 0.3) is 0 Å². The van der Waals surface area contributed by atoms with Crippen molar-refractivity contribution < 1.29 is 14.3 Å². The molecule has 1 atom stereocenters. The Bertz CT molecular complexity index is 923. The fraction of sp³-hybridized carbons (Fsp3) is 0.333. The number of carbonyl (C=O) groups excluding carboxylic acids is 1. The first-order chi connectivity index (χ1) is 15.6. The highest BCUT2D eigenvalue weighted by Crippen LogP contribution is 2.22. The normalized spacial score (nSPS) is 15.7. The van der Waals surface area contributed by atoms with Crippen LogP contribution in [0.2, 0.25) is 0 Å². The number of hydrogen-bond donors (Lipinski definition) is 4. The zero-order chi connectivity index (χ0) is 22.8. The number of nitrogens with two attached hydrogens (primary N) is 1. The van der Waals surface area contributed by atoms with Crippen LogP contribution in [0.3, 0.4) is 0 Å². The van der Waals surface area contributed by atoms with Gasteiger partial charge in [-0.1, -0.05) is 24.3 Å². The molecule has 1 unspecified atom stereocenters. The number of benzene rings is 2. The Kier molecular flexibility index (Phi) is 8.79. The number of ether oxygens (including phenoxy) is 2. The second kappa shape index (κ2) is 12.0. The summed E-state index contributed by atoms with van der Waals surface area (Å²) in [5, 5.41) is 13.8. The first-order valence-corrected chi connectivity index (χ1v) is 10.7. The third-order valence-electron chi connectivity index (χ3n) is 5.39. The van der Waals surface area contributed by atoms with E-state index in [9.17, 15) is 4.79 Å². The topological polar surface area (TPSA) is 113 Å². The van der Waals surface area contributed by atoms with E-state index in [4.69, 9.17) is 20.6 Å². The minimum absolute atomic E-state index is 0.158. The van der Waals surface area contributed by atoms with Crippen molar-refractivity contribution >= 4 is 23.4 Å². The van der Waals surface area contributed by atoms with E-state index in [0.29, 0.717) is 23.6 Å². The first-order valence-electron chi connectivity index (χ1n) is 10.7. The van der Waals surface area contributed by atoms with Gasteiger partial charge in [-0.15, -0.1) is 0 Å². The van der Waals surface area contributed by atoms with Crippen LogP contribution in [0.1, 0.15) is 17.2 Å². The molecule has 170 valence electrons. The molecule has 8 heteroatoms. The molecule has 0 spiro atoms. The Morgan fingerprint density at radius 3 is 2.66 bits per heavy atom. The molecule has 2 aromatic rings. The lowest BCUT2D eigenvalue weighted by atomic mass is 10.0. The lowest BCUT2D eigenvalue weighted by molar-refractivity contribution is -0.118.